The smallest absolute Gasteiger partial charge is 0.244 e. The van der Waals surface area contributed by atoms with Crippen LogP contribution in [0, 0.1) is 13.8 Å². The molecule has 0 amide bonds. The summed E-state index contributed by atoms with van der Waals surface area (Å²) in [5, 5.41) is 0.843. The van der Waals surface area contributed by atoms with Crippen molar-refractivity contribution in [3.05, 3.63) is 53.2 Å². The molecule has 0 N–H and O–H groups in total. The lowest BCUT2D eigenvalue weighted by atomic mass is 9.96. The van der Waals surface area contributed by atoms with E-state index in [2.05, 4.69) is 37.0 Å². The number of aryl methyl sites for hydroxylation is 2. The third kappa shape index (κ3) is 4.92. The Balaban J connectivity index is 1.68. The topological polar surface area (TPSA) is 50.3 Å². The van der Waals surface area contributed by atoms with E-state index in [1.165, 1.54) is 29.3 Å². The van der Waals surface area contributed by atoms with Gasteiger partial charge in [-0.25, -0.2) is 13.4 Å². The summed E-state index contributed by atoms with van der Waals surface area (Å²) in [6, 6.07) is 10.1. The second kappa shape index (κ2) is 8.76. The first-order chi connectivity index (χ1) is 12.9. The van der Waals surface area contributed by atoms with E-state index in [-0.39, 0.29) is 10.9 Å². The summed E-state index contributed by atoms with van der Waals surface area (Å²) >= 11 is 1.63. The molecule has 0 radical (unpaired) electrons. The Bertz CT molecular complexity index is 874. The number of benzene rings is 1. The van der Waals surface area contributed by atoms with E-state index in [1.807, 2.05) is 6.07 Å². The third-order valence-corrected chi connectivity index (χ3v) is 8.24. The minimum atomic E-state index is -3.47. The van der Waals surface area contributed by atoms with Gasteiger partial charge in [0.2, 0.25) is 10.0 Å². The molecule has 0 atom stereocenters. The molecule has 146 valence electrons. The van der Waals surface area contributed by atoms with Gasteiger partial charge in [-0.05, 0) is 49.9 Å². The van der Waals surface area contributed by atoms with Crippen LogP contribution < -0.4 is 0 Å². The van der Waals surface area contributed by atoms with E-state index in [4.69, 9.17) is 0 Å². The molecular formula is C21H28N2O2S2. The van der Waals surface area contributed by atoms with Gasteiger partial charge < -0.3 is 0 Å². The number of nitrogens with zero attached hydrogens (tertiary/aromatic N) is 2. The molecule has 1 aromatic carbocycles. The summed E-state index contributed by atoms with van der Waals surface area (Å²) in [6.45, 7) is 4.20. The highest BCUT2D eigenvalue weighted by Crippen LogP contribution is 2.28. The molecule has 6 heteroatoms. The minimum absolute atomic E-state index is 0.113. The molecule has 27 heavy (non-hydrogen) atoms. The van der Waals surface area contributed by atoms with Crippen LogP contribution in [0.4, 0.5) is 0 Å². The van der Waals surface area contributed by atoms with Gasteiger partial charge in [-0.3, -0.25) is 0 Å². The molecule has 1 heterocycles. The minimum Gasteiger partial charge on any atom is -0.249 e. The van der Waals surface area contributed by atoms with Crippen molar-refractivity contribution in [2.75, 3.05) is 7.05 Å². The number of sulfonamides is 1. The maximum atomic E-state index is 12.9. The van der Waals surface area contributed by atoms with Crippen LogP contribution in [0.1, 0.15) is 48.8 Å². The van der Waals surface area contributed by atoms with E-state index in [1.54, 1.807) is 29.2 Å². The van der Waals surface area contributed by atoms with Crippen molar-refractivity contribution in [3.8, 4) is 0 Å². The predicted octanol–water partition coefficient (Wildman–Crippen LogP) is 4.94. The fourth-order valence-corrected chi connectivity index (χ4v) is 5.79. The van der Waals surface area contributed by atoms with Gasteiger partial charge in [-0.1, -0.05) is 43.0 Å². The average Bonchev–Trinajstić information content (AvgIpc) is 2.69. The molecule has 1 fully saturated rings. The first-order valence-corrected chi connectivity index (χ1v) is 11.9. The Labute approximate surface area is 167 Å². The Morgan fingerprint density at radius 1 is 1.11 bits per heavy atom. The molecule has 0 unspecified atom stereocenters. The van der Waals surface area contributed by atoms with Crippen molar-refractivity contribution in [1.29, 1.82) is 0 Å². The van der Waals surface area contributed by atoms with Crippen LogP contribution in [0.25, 0.3) is 0 Å². The number of hydrogen-bond acceptors (Lipinski definition) is 4. The summed E-state index contributed by atoms with van der Waals surface area (Å²) in [5.74, 6) is 0.828. The molecular weight excluding hydrogens is 376 g/mol. The molecule has 4 nitrogen and oxygen atoms in total. The van der Waals surface area contributed by atoms with Crippen molar-refractivity contribution in [2.24, 2.45) is 0 Å². The van der Waals surface area contributed by atoms with Crippen molar-refractivity contribution in [2.45, 2.75) is 67.7 Å². The first-order valence-electron chi connectivity index (χ1n) is 9.51. The molecule has 0 aliphatic heterocycles. The van der Waals surface area contributed by atoms with Gasteiger partial charge in [0.15, 0.2) is 0 Å². The van der Waals surface area contributed by atoms with Gasteiger partial charge in [-0.2, -0.15) is 4.31 Å². The zero-order valence-electron chi connectivity index (χ0n) is 16.3. The summed E-state index contributed by atoms with van der Waals surface area (Å²) in [7, 11) is -1.77. The van der Waals surface area contributed by atoms with E-state index < -0.39 is 10.0 Å². The van der Waals surface area contributed by atoms with E-state index in [0.29, 0.717) is 0 Å². The predicted molar refractivity (Wildman–Crippen MR) is 112 cm³/mol. The Morgan fingerprint density at radius 3 is 2.52 bits per heavy atom. The molecule has 1 aromatic heterocycles. The Morgan fingerprint density at radius 2 is 1.85 bits per heavy atom. The van der Waals surface area contributed by atoms with Gasteiger partial charge >= 0.3 is 0 Å². The largest absolute Gasteiger partial charge is 0.249 e. The fraction of sp³-hybridized carbons (Fsp3) is 0.476. The van der Waals surface area contributed by atoms with Crippen molar-refractivity contribution in [1.82, 2.24) is 9.29 Å². The SMILES string of the molecule is Cc1ccc(C)c(CSc2ccc(S(=O)(=O)N(C)C3CCCCC3)cn2)c1. The highest BCUT2D eigenvalue weighted by Gasteiger charge is 2.29. The van der Waals surface area contributed by atoms with Crippen molar-refractivity contribution < 1.29 is 8.42 Å². The molecule has 1 aliphatic carbocycles. The van der Waals surface area contributed by atoms with E-state index in [0.717, 1.165) is 36.5 Å². The van der Waals surface area contributed by atoms with E-state index in [9.17, 15) is 8.42 Å². The zero-order chi connectivity index (χ0) is 19.4. The van der Waals surface area contributed by atoms with Crippen LogP contribution in [0.2, 0.25) is 0 Å². The second-order valence-corrected chi connectivity index (χ2v) is 10.4. The van der Waals surface area contributed by atoms with Crippen molar-refractivity contribution >= 4 is 21.8 Å². The lowest BCUT2D eigenvalue weighted by Crippen LogP contribution is -2.38. The lowest BCUT2D eigenvalue weighted by Gasteiger charge is -2.30. The number of hydrogen-bond donors (Lipinski definition) is 0. The van der Waals surface area contributed by atoms with Crippen LogP contribution in [-0.4, -0.2) is 30.8 Å². The normalized spacial score (nSPS) is 16.0. The standard InChI is InChI=1S/C21H28N2O2S2/c1-16-9-10-17(2)18(13-16)15-26-21-12-11-20(14-22-21)27(24,25)23(3)19-7-5-4-6-8-19/h9-14,19H,4-8,15H2,1-3H3. The van der Waals surface area contributed by atoms with Gasteiger partial charge in [0.05, 0.1) is 5.03 Å². The lowest BCUT2D eigenvalue weighted by molar-refractivity contribution is 0.285. The average molecular weight is 405 g/mol. The van der Waals surface area contributed by atoms with Crippen LogP contribution in [0.15, 0.2) is 46.5 Å². The Kier molecular flexibility index (Phi) is 6.61. The van der Waals surface area contributed by atoms with Crippen molar-refractivity contribution in [3.63, 3.8) is 0 Å². The molecule has 1 saturated carbocycles. The van der Waals surface area contributed by atoms with Crippen LogP contribution >= 0.6 is 11.8 Å². The number of aromatic nitrogens is 1. The second-order valence-electron chi connectivity index (χ2n) is 7.36. The Hall–Kier alpha value is -1.37. The maximum absolute atomic E-state index is 12.9. The molecule has 2 aromatic rings. The van der Waals surface area contributed by atoms with Crippen LogP contribution in [0.3, 0.4) is 0 Å². The zero-order valence-corrected chi connectivity index (χ0v) is 17.9. The highest BCUT2D eigenvalue weighted by atomic mass is 32.2. The van der Waals surface area contributed by atoms with Gasteiger partial charge in [0, 0.05) is 25.0 Å². The summed E-state index contributed by atoms with van der Waals surface area (Å²) in [5.41, 5.74) is 3.80. The van der Waals surface area contributed by atoms with Gasteiger partial charge in [0.1, 0.15) is 4.90 Å². The maximum Gasteiger partial charge on any atom is 0.244 e. The molecule has 3 rings (SSSR count). The summed E-state index contributed by atoms with van der Waals surface area (Å²) in [6.07, 6.45) is 6.83. The van der Waals surface area contributed by atoms with Crippen LogP contribution in [-0.2, 0) is 15.8 Å². The summed E-state index contributed by atoms with van der Waals surface area (Å²) < 4.78 is 27.3. The van der Waals surface area contributed by atoms with Gasteiger partial charge in [0.25, 0.3) is 0 Å². The number of thioether (sulfide) groups is 1. The molecule has 0 spiro atoms. The first kappa shape index (κ1) is 20.4. The van der Waals surface area contributed by atoms with Gasteiger partial charge in [-0.15, -0.1) is 11.8 Å². The molecule has 1 aliphatic rings. The fourth-order valence-electron chi connectivity index (χ4n) is 3.52. The molecule has 0 bridgehead atoms. The third-order valence-electron chi connectivity index (χ3n) is 5.36. The summed E-state index contributed by atoms with van der Waals surface area (Å²) in [4.78, 5) is 4.68. The van der Waals surface area contributed by atoms with E-state index >= 15 is 0 Å². The number of pyridine rings is 1. The monoisotopic (exact) mass is 404 g/mol. The highest BCUT2D eigenvalue weighted by molar-refractivity contribution is 7.98. The number of rotatable bonds is 6. The quantitative estimate of drug-likeness (QED) is 0.640. The molecule has 0 saturated heterocycles. The van der Waals surface area contributed by atoms with Crippen LogP contribution in [0.5, 0.6) is 0 Å².